The van der Waals surface area contributed by atoms with Crippen LogP contribution in [0.4, 0.5) is 0 Å². The third-order valence-electron chi connectivity index (χ3n) is 1.17. The van der Waals surface area contributed by atoms with E-state index in [1.807, 2.05) is 25.5 Å². The standard InChI is InChI=1S/C6H9ClN2/c1-8-6(7)5-2-3-9-4-5/h2-4,6,8-9H,1H3. The molecule has 0 aliphatic rings. The molecule has 0 fully saturated rings. The molecule has 2 nitrogen and oxygen atoms in total. The second-order valence-corrected chi connectivity index (χ2v) is 2.23. The number of H-pyrrole nitrogens is 1. The second kappa shape index (κ2) is 2.90. The molecule has 0 saturated carbocycles. The summed E-state index contributed by atoms with van der Waals surface area (Å²) in [6.45, 7) is 0. The van der Waals surface area contributed by atoms with Gasteiger partial charge in [-0.25, -0.2) is 0 Å². The fourth-order valence-corrected chi connectivity index (χ4v) is 0.797. The second-order valence-electron chi connectivity index (χ2n) is 1.80. The van der Waals surface area contributed by atoms with Crippen molar-refractivity contribution in [3.63, 3.8) is 0 Å². The maximum Gasteiger partial charge on any atom is 0.109 e. The average Bonchev–Trinajstić information content (AvgIpc) is 2.37. The van der Waals surface area contributed by atoms with E-state index in [1.54, 1.807) is 0 Å². The predicted molar refractivity (Wildman–Crippen MR) is 38.4 cm³/mol. The molecule has 1 rings (SSSR count). The normalized spacial score (nSPS) is 13.6. The van der Waals surface area contributed by atoms with Crippen LogP contribution in [-0.2, 0) is 0 Å². The zero-order valence-corrected chi connectivity index (χ0v) is 5.94. The molecule has 1 unspecified atom stereocenters. The zero-order valence-electron chi connectivity index (χ0n) is 5.19. The Hall–Kier alpha value is -0.470. The number of halogens is 1. The highest BCUT2D eigenvalue weighted by molar-refractivity contribution is 6.20. The van der Waals surface area contributed by atoms with Gasteiger partial charge >= 0.3 is 0 Å². The van der Waals surface area contributed by atoms with Crippen molar-refractivity contribution in [3.05, 3.63) is 24.0 Å². The Morgan fingerprint density at radius 1 is 1.78 bits per heavy atom. The first-order valence-electron chi connectivity index (χ1n) is 2.78. The lowest BCUT2D eigenvalue weighted by atomic mass is 10.3. The van der Waals surface area contributed by atoms with Crippen LogP contribution in [0, 0.1) is 0 Å². The van der Waals surface area contributed by atoms with Gasteiger partial charge in [0.25, 0.3) is 0 Å². The van der Waals surface area contributed by atoms with Crippen LogP contribution in [-0.4, -0.2) is 12.0 Å². The van der Waals surface area contributed by atoms with Crippen LogP contribution in [0.2, 0.25) is 0 Å². The first-order chi connectivity index (χ1) is 4.34. The first kappa shape index (κ1) is 6.65. The van der Waals surface area contributed by atoms with Gasteiger partial charge in [0.05, 0.1) is 0 Å². The quantitative estimate of drug-likeness (QED) is 0.478. The number of alkyl halides is 1. The molecular formula is C6H9ClN2. The summed E-state index contributed by atoms with van der Waals surface area (Å²) >= 11 is 5.80. The summed E-state index contributed by atoms with van der Waals surface area (Å²) in [5.74, 6) is 0. The van der Waals surface area contributed by atoms with Crippen LogP contribution in [0.25, 0.3) is 0 Å². The minimum atomic E-state index is -0.0729. The topological polar surface area (TPSA) is 27.8 Å². The maximum atomic E-state index is 5.80. The van der Waals surface area contributed by atoms with Crippen molar-refractivity contribution in [2.24, 2.45) is 0 Å². The largest absolute Gasteiger partial charge is 0.367 e. The number of rotatable bonds is 2. The highest BCUT2D eigenvalue weighted by Gasteiger charge is 2.01. The lowest BCUT2D eigenvalue weighted by Crippen LogP contribution is -2.08. The molecule has 1 atom stereocenters. The van der Waals surface area contributed by atoms with Crippen molar-refractivity contribution >= 4 is 11.6 Å². The molecule has 0 bridgehead atoms. The van der Waals surface area contributed by atoms with Crippen LogP contribution in [0.15, 0.2) is 18.5 Å². The molecule has 0 aliphatic heterocycles. The van der Waals surface area contributed by atoms with Gasteiger partial charge in [0, 0.05) is 18.0 Å². The molecule has 0 aromatic carbocycles. The number of hydrogen-bond donors (Lipinski definition) is 2. The Balaban J connectivity index is 2.65. The third-order valence-corrected chi connectivity index (χ3v) is 1.64. The Kier molecular flexibility index (Phi) is 2.14. The van der Waals surface area contributed by atoms with E-state index < -0.39 is 0 Å². The number of aromatic amines is 1. The van der Waals surface area contributed by atoms with E-state index in [4.69, 9.17) is 11.6 Å². The average molecular weight is 145 g/mol. The van der Waals surface area contributed by atoms with Crippen molar-refractivity contribution in [2.75, 3.05) is 7.05 Å². The van der Waals surface area contributed by atoms with Crippen LogP contribution >= 0.6 is 11.6 Å². The Labute approximate surface area is 59.2 Å². The zero-order chi connectivity index (χ0) is 6.69. The summed E-state index contributed by atoms with van der Waals surface area (Å²) in [5.41, 5.74) is 0.996. The summed E-state index contributed by atoms with van der Waals surface area (Å²) in [4.78, 5) is 2.92. The molecule has 3 heteroatoms. The summed E-state index contributed by atoms with van der Waals surface area (Å²) in [6.07, 6.45) is 3.72. The van der Waals surface area contributed by atoms with Crippen LogP contribution in [0.1, 0.15) is 11.1 Å². The minimum Gasteiger partial charge on any atom is -0.367 e. The van der Waals surface area contributed by atoms with E-state index in [9.17, 15) is 0 Å². The van der Waals surface area contributed by atoms with Crippen LogP contribution in [0.3, 0.4) is 0 Å². The number of nitrogens with one attached hydrogen (secondary N) is 2. The molecule has 50 valence electrons. The molecule has 0 radical (unpaired) electrons. The molecule has 2 N–H and O–H groups in total. The van der Waals surface area contributed by atoms with Gasteiger partial charge in [-0.1, -0.05) is 0 Å². The molecule has 1 aromatic heterocycles. The van der Waals surface area contributed by atoms with E-state index in [-0.39, 0.29) is 5.50 Å². The van der Waals surface area contributed by atoms with Gasteiger partial charge in [0.1, 0.15) is 5.50 Å². The van der Waals surface area contributed by atoms with E-state index in [1.165, 1.54) is 0 Å². The summed E-state index contributed by atoms with van der Waals surface area (Å²) < 4.78 is 0. The number of hydrogen-bond acceptors (Lipinski definition) is 1. The molecular weight excluding hydrogens is 136 g/mol. The monoisotopic (exact) mass is 144 g/mol. The predicted octanol–water partition coefficient (Wildman–Crippen LogP) is 1.47. The lowest BCUT2D eigenvalue weighted by Gasteiger charge is -2.02. The van der Waals surface area contributed by atoms with Gasteiger partial charge in [0.15, 0.2) is 0 Å². The van der Waals surface area contributed by atoms with Crippen molar-refractivity contribution in [1.82, 2.24) is 10.3 Å². The Morgan fingerprint density at radius 2 is 2.56 bits per heavy atom. The molecule has 0 spiro atoms. The molecule has 0 amide bonds. The summed E-state index contributed by atoms with van der Waals surface area (Å²) in [5, 5.41) is 2.91. The van der Waals surface area contributed by atoms with Gasteiger partial charge in [-0.05, 0) is 13.1 Å². The minimum absolute atomic E-state index is 0.0729. The van der Waals surface area contributed by atoms with Crippen LogP contribution < -0.4 is 5.32 Å². The summed E-state index contributed by atoms with van der Waals surface area (Å²) in [7, 11) is 1.82. The lowest BCUT2D eigenvalue weighted by molar-refractivity contribution is 0.785. The van der Waals surface area contributed by atoms with Crippen molar-refractivity contribution in [2.45, 2.75) is 5.50 Å². The Bertz CT molecular complexity index is 160. The van der Waals surface area contributed by atoms with Gasteiger partial charge in [-0.15, -0.1) is 11.6 Å². The SMILES string of the molecule is CNC(Cl)c1cc[nH]c1. The highest BCUT2D eigenvalue weighted by atomic mass is 35.5. The van der Waals surface area contributed by atoms with Gasteiger partial charge in [-0.3, -0.25) is 0 Å². The van der Waals surface area contributed by atoms with Gasteiger partial charge in [-0.2, -0.15) is 0 Å². The smallest absolute Gasteiger partial charge is 0.109 e. The van der Waals surface area contributed by atoms with Crippen molar-refractivity contribution < 1.29 is 0 Å². The maximum absolute atomic E-state index is 5.80. The molecule has 0 aliphatic carbocycles. The molecule has 0 saturated heterocycles. The molecule has 1 heterocycles. The highest BCUT2D eigenvalue weighted by Crippen LogP contribution is 2.14. The van der Waals surface area contributed by atoms with E-state index >= 15 is 0 Å². The fraction of sp³-hybridized carbons (Fsp3) is 0.333. The molecule has 9 heavy (non-hydrogen) atoms. The first-order valence-corrected chi connectivity index (χ1v) is 3.22. The Morgan fingerprint density at radius 3 is 3.00 bits per heavy atom. The number of aromatic nitrogens is 1. The fourth-order valence-electron chi connectivity index (χ4n) is 0.661. The van der Waals surface area contributed by atoms with E-state index in [0.29, 0.717) is 0 Å². The van der Waals surface area contributed by atoms with E-state index in [0.717, 1.165) is 5.56 Å². The molecule has 1 aromatic rings. The van der Waals surface area contributed by atoms with Crippen molar-refractivity contribution in [3.8, 4) is 0 Å². The van der Waals surface area contributed by atoms with Gasteiger partial charge < -0.3 is 10.3 Å². The van der Waals surface area contributed by atoms with Gasteiger partial charge in [0.2, 0.25) is 0 Å². The van der Waals surface area contributed by atoms with Crippen molar-refractivity contribution in [1.29, 1.82) is 0 Å². The third kappa shape index (κ3) is 1.47. The van der Waals surface area contributed by atoms with Crippen LogP contribution in [0.5, 0.6) is 0 Å². The summed E-state index contributed by atoms with van der Waals surface area (Å²) in [6, 6.07) is 1.94. The van der Waals surface area contributed by atoms with E-state index in [2.05, 4.69) is 10.3 Å².